The average molecular weight is 189 g/mol. The van der Waals surface area contributed by atoms with Crippen LogP contribution in [0.2, 0.25) is 0 Å². The number of halogens is 1. The molecule has 2 unspecified atom stereocenters. The molecule has 0 spiro atoms. The highest BCUT2D eigenvalue weighted by atomic mass is 35.5. The number of piperazine rings is 1. The van der Waals surface area contributed by atoms with Crippen molar-refractivity contribution in [3.8, 4) is 0 Å². The van der Waals surface area contributed by atoms with Gasteiger partial charge < -0.3 is 5.32 Å². The number of nitrogens with zero attached hydrogens (tertiary/aromatic N) is 1. The summed E-state index contributed by atoms with van der Waals surface area (Å²) in [7, 11) is 0. The van der Waals surface area contributed by atoms with Gasteiger partial charge in [0.05, 0.1) is 0 Å². The third-order valence-electron chi connectivity index (χ3n) is 2.42. The van der Waals surface area contributed by atoms with Gasteiger partial charge in [-0.1, -0.05) is 17.7 Å². The molecule has 0 bridgehead atoms. The van der Waals surface area contributed by atoms with Gasteiger partial charge in [0.1, 0.15) is 0 Å². The predicted molar refractivity (Wildman–Crippen MR) is 53.5 cm³/mol. The van der Waals surface area contributed by atoms with Crippen molar-refractivity contribution in [3.05, 3.63) is 11.6 Å². The Morgan fingerprint density at radius 3 is 2.50 bits per heavy atom. The van der Waals surface area contributed by atoms with Gasteiger partial charge in [-0.25, -0.2) is 0 Å². The van der Waals surface area contributed by atoms with E-state index >= 15 is 0 Å². The molecule has 2 nitrogen and oxygen atoms in total. The van der Waals surface area contributed by atoms with Gasteiger partial charge >= 0.3 is 0 Å². The van der Waals surface area contributed by atoms with E-state index in [0.717, 1.165) is 19.6 Å². The van der Waals surface area contributed by atoms with E-state index in [1.807, 2.05) is 6.08 Å². The van der Waals surface area contributed by atoms with Gasteiger partial charge in [0, 0.05) is 37.3 Å². The Labute approximate surface area is 79.6 Å². The maximum atomic E-state index is 5.49. The molecule has 0 saturated carbocycles. The average Bonchev–Trinajstić information content (AvgIpc) is 2.04. The Morgan fingerprint density at radius 2 is 2.00 bits per heavy atom. The van der Waals surface area contributed by atoms with Crippen molar-refractivity contribution < 1.29 is 0 Å². The first kappa shape index (κ1) is 10.0. The molecule has 0 aromatic heterocycles. The van der Waals surface area contributed by atoms with Gasteiger partial charge in [0.25, 0.3) is 0 Å². The fourth-order valence-corrected chi connectivity index (χ4v) is 1.77. The first-order chi connectivity index (χ1) is 5.75. The number of rotatable bonds is 2. The van der Waals surface area contributed by atoms with Crippen LogP contribution in [0.3, 0.4) is 0 Å². The van der Waals surface area contributed by atoms with Gasteiger partial charge in [0.15, 0.2) is 0 Å². The summed E-state index contributed by atoms with van der Waals surface area (Å²) in [5, 5.41) is 3.39. The van der Waals surface area contributed by atoms with Crippen molar-refractivity contribution in [3.63, 3.8) is 0 Å². The normalized spacial score (nSPS) is 32.9. The van der Waals surface area contributed by atoms with Crippen molar-refractivity contribution in [2.75, 3.05) is 19.6 Å². The van der Waals surface area contributed by atoms with Gasteiger partial charge in [-0.3, -0.25) is 4.90 Å². The lowest BCUT2D eigenvalue weighted by Crippen LogP contribution is -2.54. The van der Waals surface area contributed by atoms with Crippen molar-refractivity contribution in [2.24, 2.45) is 0 Å². The van der Waals surface area contributed by atoms with E-state index in [1.54, 1.807) is 5.54 Å². The molecule has 70 valence electrons. The van der Waals surface area contributed by atoms with Crippen LogP contribution in [0.25, 0.3) is 0 Å². The molecule has 0 aliphatic carbocycles. The van der Waals surface area contributed by atoms with Gasteiger partial charge in [0.2, 0.25) is 0 Å². The van der Waals surface area contributed by atoms with E-state index in [4.69, 9.17) is 11.6 Å². The van der Waals surface area contributed by atoms with Crippen LogP contribution >= 0.6 is 11.6 Å². The van der Waals surface area contributed by atoms with Gasteiger partial charge in [-0.15, -0.1) is 0 Å². The summed E-state index contributed by atoms with van der Waals surface area (Å²) in [5.41, 5.74) is 1.60. The van der Waals surface area contributed by atoms with Crippen LogP contribution in [-0.2, 0) is 0 Å². The third kappa shape index (κ3) is 2.47. The molecule has 0 radical (unpaired) electrons. The molecule has 0 aromatic rings. The maximum absolute atomic E-state index is 5.49. The van der Waals surface area contributed by atoms with Crippen LogP contribution < -0.4 is 5.32 Å². The topological polar surface area (TPSA) is 15.3 Å². The molecule has 1 aliphatic heterocycles. The minimum atomic E-state index is 0.613. The number of hydrogen-bond donors (Lipinski definition) is 1. The smallest absolute Gasteiger partial charge is 0.0199 e. The van der Waals surface area contributed by atoms with E-state index in [1.165, 1.54) is 0 Å². The zero-order valence-corrected chi connectivity index (χ0v) is 8.51. The summed E-state index contributed by atoms with van der Waals surface area (Å²) in [5.74, 6) is 0. The molecular weight excluding hydrogens is 172 g/mol. The molecule has 0 aromatic carbocycles. The molecule has 1 heterocycles. The lowest BCUT2D eigenvalue weighted by molar-refractivity contribution is 0.133. The van der Waals surface area contributed by atoms with E-state index in [9.17, 15) is 0 Å². The van der Waals surface area contributed by atoms with E-state index in [0.29, 0.717) is 12.1 Å². The van der Waals surface area contributed by atoms with Crippen LogP contribution in [0.1, 0.15) is 13.8 Å². The molecule has 3 heteroatoms. The van der Waals surface area contributed by atoms with Crippen LogP contribution in [0.15, 0.2) is 11.6 Å². The first-order valence-electron chi connectivity index (χ1n) is 4.47. The molecule has 1 N–H and O–H groups in total. The second kappa shape index (κ2) is 4.85. The predicted octanol–water partition coefficient (Wildman–Crippen LogP) is 1.42. The van der Waals surface area contributed by atoms with Crippen molar-refractivity contribution >= 4 is 11.6 Å². The lowest BCUT2D eigenvalue weighted by Gasteiger charge is -2.38. The molecule has 1 aliphatic rings. The number of nitrogens with one attached hydrogen (secondary N) is 1. The van der Waals surface area contributed by atoms with Crippen molar-refractivity contribution in [1.29, 1.82) is 0 Å². The van der Waals surface area contributed by atoms with E-state index < -0.39 is 0 Å². The Balaban J connectivity index is 2.45. The van der Waals surface area contributed by atoms with Crippen molar-refractivity contribution in [2.45, 2.75) is 25.9 Å². The number of hydrogen-bond acceptors (Lipinski definition) is 2. The fraction of sp³-hybridized carbons (Fsp3) is 0.778. The summed E-state index contributed by atoms with van der Waals surface area (Å²) in [6, 6.07) is 1.23. The van der Waals surface area contributed by atoms with E-state index in [2.05, 4.69) is 24.1 Å². The molecule has 1 saturated heterocycles. The minimum Gasteiger partial charge on any atom is -0.314 e. The summed E-state index contributed by atoms with van der Waals surface area (Å²) in [6.45, 7) is 7.61. The summed E-state index contributed by atoms with van der Waals surface area (Å²) in [4.78, 5) is 2.45. The highest BCUT2D eigenvalue weighted by Crippen LogP contribution is 2.08. The van der Waals surface area contributed by atoms with Gasteiger partial charge in [-0.2, -0.15) is 0 Å². The van der Waals surface area contributed by atoms with Crippen LogP contribution in [0.5, 0.6) is 0 Å². The standard InChI is InChI=1S/C9H17ClN2/c1-8-6-11-7-9(2)12(8)5-3-4-10/h3-4,8-9,11H,5-7H2,1-2H3/b4-3+. The summed E-state index contributed by atoms with van der Waals surface area (Å²) >= 11 is 5.49. The quantitative estimate of drug-likeness (QED) is 0.706. The molecule has 1 rings (SSSR count). The Morgan fingerprint density at radius 1 is 1.42 bits per heavy atom. The van der Waals surface area contributed by atoms with Crippen LogP contribution in [0.4, 0.5) is 0 Å². The third-order valence-corrected chi connectivity index (χ3v) is 2.60. The zero-order chi connectivity index (χ0) is 8.97. The van der Waals surface area contributed by atoms with Crippen LogP contribution in [-0.4, -0.2) is 36.6 Å². The van der Waals surface area contributed by atoms with Crippen LogP contribution in [0, 0.1) is 0 Å². The highest BCUT2D eigenvalue weighted by molar-refractivity contribution is 6.25. The zero-order valence-electron chi connectivity index (χ0n) is 7.76. The first-order valence-corrected chi connectivity index (χ1v) is 4.91. The monoisotopic (exact) mass is 188 g/mol. The molecule has 0 amide bonds. The van der Waals surface area contributed by atoms with Gasteiger partial charge in [-0.05, 0) is 13.8 Å². The molecule has 12 heavy (non-hydrogen) atoms. The van der Waals surface area contributed by atoms with E-state index in [-0.39, 0.29) is 0 Å². The maximum Gasteiger partial charge on any atom is 0.0199 e. The molecule has 1 fully saturated rings. The fourth-order valence-electron chi connectivity index (χ4n) is 1.69. The Kier molecular flexibility index (Phi) is 4.06. The highest BCUT2D eigenvalue weighted by Gasteiger charge is 2.22. The minimum absolute atomic E-state index is 0.613. The summed E-state index contributed by atoms with van der Waals surface area (Å²) in [6.07, 6.45) is 2.00. The SMILES string of the molecule is CC1CNCC(C)N1C/C=C/Cl. The molecule has 2 atom stereocenters. The Hall–Kier alpha value is -0.0500. The second-order valence-electron chi connectivity index (χ2n) is 3.41. The second-order valence-corrected chi connectivity index (χ2v) is 3.67. The largest absolute Gasteiger partial charge is 0.314 e. The lowest BCUT2D eigenvalue weighted by atomic mass is 10.1. The Bertz CT molecular complexity index is 149. The van der Waals surface area contributed by atoms with Crippen molar-refractivity contribution in [1.82, 2.24) is 10.2 Å². The summed E-state index contributed by atoms with van der Waals surface area (Å²) < 4.78 is 0. The molecular formula is C9H17ClN2.